The number of nitrogens with zero attached hydrogens (tertiary/aromatic N) is 3. The van der Waals surface area contributed by atoms with Crippen LogP contribution in [-0.4, -0.2) is 16.6 Å². The van der Waals surface area contributed by atoms with Gasteiger partial charge >= 0.3 is 0 Å². The Morgan fingerprint density at radius 2 is 1.78 bits per heavy atom. The van der Waals surface area contributed by atoms with Crippen LogP contribution in [0.15, 0.2) is 84.0 Å². The Kier molecular flexibility index (Phi) is 5.80. The van der Waals surface area contributed by atoms with Crippen LogP contribution in [0.5, 0.6) is 5.75 Å². The molecular weight excluding hydrogens is 338 g/mol. The second-order valence-electron chi connectivity index (χ2n) is 6.02. The highest BCUT2D eigenvalue weighted by Crippen LogP contribution is 2.13. The Bertz CT molecular complexity index is 1020. The molecule has 0 fully saturated rings. The first-order valence-electron chi connectivity index (χ1n) is 8.60. The fourth-order valence-electron chi connectivity index (χ4n) is 2.55. The molecule has 1 aromatic heterocycles. The van der Waals surface area contributed by atoms with Crippen molar-refractivity contribution in [2.75, 3.05) is 0 Å². The van der Waals surface area contributed by atoms with E-state index in [0.29, 0.717) is 23.3 Å². The lowest BCUT2D eigenvalue weighted by Gasteiger charge is -2.12. The molecule has 2 aromatic carbocycles. The Hall–Kier alpha value is -3.65. The second-order valence-corrected chi connectivity index (χ2v) is 6.02. The maximum Gasteiger partial charge on any atom is 0.288 e. The third-order valence-electron chi connectivity index (χ3n) is 3.98. The van der Waals surface area contributed by atoms with Gasteiger partial charge < -0.3 is 9.30 Å². The molecule has 0 aliphatic carbocycles. The number of benzene rings is 2. The summed E-state index contributed by atoms with van der Waals surface area (Å²) in [5.74, 6) is 0.155. The first kappa shape index (κ1) is 18.2. The molecule has 0 bridgehead atoms. The van der Waals surface area contributed by atoms with Gasteiger partial charge in [0.05, 0.1) is 11.6 Å². The van der Waals surface area contributed by atoms with Gasteiger partial charge in [0, 0.05) is 12.7 Å². The second kappa shape index (κ2) is 8.63. The normalized spacial score (nSPS) is 12.2. The van der Waals surface area contributed by atoms with Gasteiger partial charge in [-0.05, 0) is 48.9 Å². The maximum absolute atomic E-state index is 12.5. The molecule has 3 rings (SSSR count). The van der Waals surface area contributed by atoms with E-state index in [-0.39, 0.29) is 5.91 Å². The molecular formula is C22H19N3O2. The molecule has 0 aliphatic heterocycles. The number of rotatable bonds is 5. The van der Waals surface area contributed by atoms with Crippen molar-refractivity contribution in [1.29, 1.82) is 5.26 Å². The van der Waals surface area contributed by atoms with E-state index in [1.54, 1.807) is 37.3 Å². The standard InChI is InChI=1S/C22H19N3O2/c1-17(27-20-12-10-18(15-23)11-13-20)22(26)24-21-9-5-6-14-25(21)16-19-7-3-2-4-8-19/h2-14,17H,16H2,1H3. The summed E-state index contributed by atoms with van der Waals surface area (Å²) in [4.78, 5) is 16.7. The quantitative estimate of drug-likeness (QED) is 0.704. The SMILES string of the molecule is CC(Oc1ccc(C#N)cc1)C(=O)N=c1ccccn1Cc1ccccc1. The number of carbonyl (C=O) groups is 1. The molecule has 5 nitrogen and oxygen atoms in total. The molecule has 1 heterocycles. The third kappa shape index (κ3) is 4.93. The highest BCUT2D eigenvalue weighted by Gasteiger charge is 2.14. The summed E-state index contributed by atoms with van der Waals surface area (Å²) in [6.45, 7) is 2.28. The Balaban J connectivity index is 1.77. The highest BCUT2D eigenvalue weighted by molar-refractivity contribution is 5.81. The summed E-state index contributed by atoms with van der Waals surface area (Å²) in [6, 6.07) is 24.2. The molecule has 1 atom stereocenters. The molecule has 1 amide bonds. The average molecular weight is 357 g/mol. The van der Waals surface area contributed by atoms with Crippen LogP contribution in [0.1, 0.15) is 18.1 Å². The van der Waals surface area contributed by atoms with E-state index in [4.69, 9.17) is 10.00 Å². The molecule has 134 valence electrons. The van der Waals surface area contributed by atoms with Crippen molar-refractivity contribution in [3.05, 3.63) is 95.6 Å². The molecule has 1 unspecified atom stereocenters. The van der Waals surface area contributed by atoms with Crippen LogP contribution in [0.25, 0.3) is 0 Å². The van der Waals surface area contributed by atoms with E-state index in [0.717, 1.165) is 5.56 Å². The largest absolute Gasteiger partial charge is 0.481 e. The lowest BCUT2D eigenvalue weighted by molar-refractivity contribution is -0.124. The molecule has 0 saturated carbocycles. The summed E-state index contributed by atoms with van der Waals surface area (Å²) in [5, 5.41) is 8.83. The summed E-state index contributed by atoms with van der Waals surface area (Å²) < 4.78 is 7.56. The third-order valence-corrected chi connectivity index (χ3v) is 3.98. The van der Waals surface area contributed by atoms with E-state index in [2.05, 4.69) is 4.99 Å². The van der Waals surface area contributed by atoms with E-state index in [1.807, 2.05) is 59.3 Å². The summed E-state index contributed by atoms with van der Waals surface area (Å²) in [7, 11) is 0. The molecule has 3 aromatic rings. The lowest BCUT2D eigenvalue weighted by Crippen LogP contribution is -2.28. The summed E-state index contributed by atoms with van der Waals surface area (Å²) >= 11 is 0. The molecule has 27 heavy (non-hydrogen) atoms. The summed E-state index contributed by atoms with van der Waals surface area (Å²) in [6.07, 6.45) is 1.16. The minimum absolute atomic E-state index is 0.368. The van der Waals surface area contributed by atoms with Crippen LogP contribution in [0.3, 0.4) is 0 Å². The number of hydrogen-bond donors (Lipinski definition) is 0. The topological polar surface area (TPSA) is 67.4 Å². The van der Waals surface area contributed by atoms with E-state index in [9.17, 15) is 4.79 Å². The van der Waals surface area contributed by atoms with Gasteiger partial charge in [-0.1, -0.05) is 36.4 Å². The van der Waals surface area contributed by atoms with Gasteiger partial charge in [0.25, 0.3) is 5.91 Å². The lowest BCUT2D eigenvalue weighted by atomic mass is 10.2. The van der Waals surface area contributed by atoms with Crippen molar-refractivity contribution in [2.24, 2.45) is 4.99 Å². The van der Waals surface area contributed by atoms with Crippen LogP contribution < -0.4 is 10.2 Å². The Morgan fingerprint density at radius 1 is 1.07 bits per heavy atom. The molecule has 0 aliphatic rings. The number of carbonyl (C=O) groups excluding carboxylic acids is 1. The molecule has 0 radical (unpaired) electrons. The minimum Gasteiger partial charge on any atom is -0.481 e. The van der Waals surface area contributed by atoms with Gasteiger partial charge in [0.15, 0.2) is 6.10 Å². The number of ether oxygens (including phenoxy) is 1. The maximum atomic E-state index is 12.5. The van der Waals surface area contributed by atoms with Gasteiger partial charge in [0.1, 0.15) is 11.2 Å². The van der Waals surface area contributed by atoms with Crippen molar-refractivity contribution in [3.8, 4) is 11.8 Å². The zero-order chi connectivity index (χ0) is 19.1. The van der Waals surface area contributed by atoms with Crippen molar-refractivity contribution >= 4 is 5.91 Å². The van der Waals surface area contributed by atoms with E-state index >= 15 is 0 Å². The molecule has 5 heteroatoms. The van der Waals surface area contributed by atoms with Crippen molar-refractivity contribution in [1.82, 2.24) is 4.57 Å². The first-order valence-corrected chi connectivity index (χ1v) is 8.60. The van der Waals surface area contributed by atoms with Gasteiger partial charge in [-0.2, -0.15) is 10.3 Å². The van der Waals surface area contributed by atoms with Gasteiger partial charge in [-0.25, -0.2) is 0 Å². The van der Waals surface area contributed by atoms with Crippen LogP contribution in [0.2, 0.25) is 0 Å². The fourth-order valence-corrected chi connectivity index (χ4v) is 2.55. The van der Waals surface area contributed by atoms with Gasteiger partial charge in [-0.15, -0.1) is 0 Å². The first-order chi connectivity index (χ1) is 13.2. The molecule has 0 saturated heterocycles. The number of amides is 1. The van der Waals surface area contributed by atoms with Crippen LogP contribution in [-0.2, 0) is 11.3 Å². The zero-order valence-electron chi connectivity index (χ0n) is 14.9. The molecule has 0 N–H and O–H groups in total. The van der Waals surface area contributed by atoms with E-state index in [1.165, 1.54) is 0 Å². The van der Waals surface area contributed by atoms with E-state index < -0.39 is 6.10 Å². The zero-order valence-corrected chi connectivity index (χ0v) is 14.9. The Labute approximate surface area is 157 Å². The fraction of sp³-hybridized carbons (Fsp3) is 0.136. The minimum atomic E-state index is -0.733. The van der Waals surface area contributed by atoms with Crippen molar-refractivity contribution in [3.63, 3.8) is 0 Å². The number of nitriles is 1. The predicted molar refractivity (Wildman–Crippen MR) is 102 cm³/mol. The van der Waals surface area contributed by atoms with Crippen molar-refractivity contribution < 1.29 is 9.53 Å². The average Bonchev–Trinajstić information content (AvgIpc) is 2.71. The summed E-state index contributed by atoms with van der Waals surface area (Å²) in [5.41, 5.74) is 2.23. The number of hydrogen-bond acceptors (Lipinski definition) is 3. The van der Waals surface area contributed by atoms with Crippen LogP contribution in [0, 0.1) is 11.3 Å². The number of pyridine rings is 1. The predicted octanol–water partition coefficient (Wildman–Crippen LogP) is 3.30. The van der Waals surface area contributed by atoms with Crippen LogP contribution >= 0.6 is 0 Å². The number of aromatic nitrogens is 1. The van der Waals surface area contributed by atoms with Gasteiger partial charge in [0.2, 0.25) is 0 Å². The monoisotopic (exact) mass is 357 g/mol. The Morgan fingerprint density at radius 3 is 2.48 bits per heavy atom. The van der Waals surface area contributed by atoms with Crippen molar-refractivity contribution in [2.45, 2.75) is 19.6 Å². The highest BCUT2D eigenvalue weighted by atomic mass is 16.5. The molecule has 0 spiro atoms. The smallest absolute Gasteiger partial charge is 0.288 e. The van der Waals surface area contributed by atoms with Crippen LogP contribution in [0.4, 0.5) is 0 Å². The van der Waals surface area contributed by atoms with Gasteiger partial charge in [-0.3, -0.25) is 4.79 Å².